The quantitative estimate of drug-likeness (QED) is 0.665. The van der Waals surface area contributed by atoms with Crippen LogP contribution in [0.1, 0.15) is 42.4 Å². The minimum Gasteiger partial charge on any atom is -0.493 e. The van der Waals surface area contributed by atoms with Crippen LogP contribution in [0.3, 0.4) is 0 Å². The van der Waals surface area contributed by atoms with Crippen LogP contribution in [0.15, 0.2) is 42.5 Å². The predicted molar refractivity (Wildman–Crippen MR) is 124 cm³/mol. The summed E-state index contributed by atoms with van der Waals surface area (Å²) in [5.74, 6) is 1.38. The number of nitrogens with zero attached hydrogens (tertiary/aromatic N) is 1. The number of fused-ring (bicyclic) bond motifs is 2. The summed E-state index contributed by atoms with van der Waals surface area (Å²) in [5.41, 5.74) is 9.48. The van der Waals surface area contributed by atoms with E-state index in [9.17, 15) is 4.79 Å². The van der Waals surface area contributed by atoms with Gasteiger partial charge in [-0.1, -0.05) is 30.3 Å². The highest BCUT2D eigenvalue weighted by Crippen LogP contribution is 2.50. The third kappa shape index (κ3) is 4.34. The summed E-state index contributed by atoms with van der Waals surface area (Å²) >= 11 is 0. The molecule has 6 nitrogen and oxygen atoms in total. The summed E-state index contributed by atoms with van der Waals surface area (Å²) in [4.78, 5) is 15.3. The van der Waals surface area contributed by atoms with E-state index < -0.39 is 0 Å². The second-order valence-corrected chi connectivity index (χ2v) is 8.79. The predicted octanol–water partition coefficient (Wildman–Crippen LogP) is 3.65. The van der Waals surface area contributed by atoms with E-state index >= 15 is 0 Å². The molecule has 1 fully saturated rings. The number of methoxy groups -OCH3 is 2. The summed E-state index contributed by atoms with van der Waals surface area (Å²) in [6.45, 7) is 2.76. The van der Waals surface area contributed by atoms with Crippen molar-refractivity contribution in [1.82, 2.24) is 4.90 Å². The molecule has 0 unspecified atom stereocenters. The third-order valence-corrected chi connectivity index (χ3v) is 7.14. The Morgan fingerprint density at radius 3 is 2.44 bits per heavy atom. The monoisotopic (exact) mass is 438 g/mol. The molecule has 6 heteroatoms. The van der Waals surface area contributed by atoms with Crippen molar-refractivity contribution in [2.45, 2.75) is 44.2 Å². The number of rotatable bonds is 7. The van der Waals surface area contributed by atoms with Crippen molar-refractivity contribution in [3.8, 4) is 11.5 Å². The maximum atomic E-state index is 12.8. The Labute approximate surface area is 190 Å². The number of hydrogen-bond donors (Lipinski definition) is 1. The maximum absolute atomic E-state index is 12.8. The number of ether oxygens (including phenoxy) is 3. The highest BCUT2D eigenvalue weighted by molar-refractivity contribution is 5.72. The number of carbonyl (C=O) groups excluding carboxylic acids is 1. The van der Waals surface area contributed by atoms with Gasteiger partial charge in [0.25, 0.3) is 0 Å². The van der Waals surface area contributed by atoms with E-state index in [-0.39, 0.29) is 17.4 Å². The van der Waals surface area contributed by atoms with Crippen molar-refractivity contribution in [3.05, 3.63) is 59.2 Å². The van der Waals surface area contributed by atoms with Gasteiger partial charge in [0.1, 0.15) is 6.61 Å². The molecule has 1 heterocycles. The van der Waals surface area contributed by atoms with Crippen LogP contribution in [-0.2, 0) is 28.1 Å². The Morgan fingerprint density at radius 2 is 1.78 bits per heavy atom. The van der Waals surface area contributed by atoms with E-state index in [1.165, 1.54) is 11.1 Å². The van der Waals surface area contributed by atoms with Gasteiger partial charge in [0, 0.05) is 25.2 Å². The molecule has 1 spiro atoms. The summed E-state index contributed by atoms with van der Waals surface area (Å²) < 4.78 is 16.8. The van der Waals surface area contributed by atoms with Gasteiger partial charge in [-0.15, -0.1) is 0 Å². The molecule has 0 saturated heterocycles. The zero-order valence-corrected chi connectivity index (χ0v) is 19.1. The Hall–Kier alpha value is -2.57. The van der Waals surface area contributed by atoms with Gasteiger partial charge in [-0.3, -0.25) is 9.69 Å². The fraction of sp³-hybridized carbons (Fsp3) is 0.500. The van der Waals surface area contributed by atoms with Gasteiger partial charge in [-0.05, 0) is 60.9 Å². The average molecular weight is 439 g/mol. The van der Waals surface area contributed by atoms with E-state index in [4.69, 9.17) is 19.9 Å². The zero-order valence-electron chi connectivity index (χ0n) is 19.1. The standard InChI is InChI=1S/C26H34N2O4/c1-30-23-16-21-10-14-28(15-13-27)26(22(21)17-24(23)31-2)11-8-20(9-12-26)25(29)32-18-19-6-4-3-5-7-19/h3-7,16-17,20H,8-15,18,27H2,1-2H3. The van der Waals surface area contributed by atoms with Crippen LogP contribution in [0.2, 0.25) is 0 Å². The van der Waals surface area contributed by atoms with Crippen molar-refractivity contribution in [3.63, 3.8) is 0 Å². The van der Waals surface area contributed by atoms with E-state index in [1.807, 2.05) is 30.3 Å². The number of carbonyl (C=O) groups is 1. The summed E-state index contributed by atoms with van der Waals surface area (Å²) in [5, 5.41) is 0. The second kappa shape index (κ2) is 9.92. The molecule has 2 aromatic carbocycles. The fourth-order valence-electron chi connectivity index (χ4n) is 5.45. The van der Waals surface area contributed by atoms with E-state index in [2.05, 4.69) is 17.0 Å². The molecule has 1 aliphatic heterocycles. The maximum Gasteiger partial charge on any atom is 0.309 e. The topological polar surface area (TPSA) is 74.0 Å². The van der Waals surface area contributed by atoms with Crippen molar-refractivity contribution in [2.75, 3.05) is 33.9 Å². The molecule has 0 atom stereocenters. The fourth-order valence-corrected chi connectivity index (χ4v) is 5.45. The van der Waals surface area contributed by atoms with Crippen molar-refractivity contribution >= 4 is 5.97 Å². The molecule has 1 aliphatic carbocycles. The first kappa shape index (κ1) is 22.6. The summed E-state index contributed by atoms with van der Waals surface area (Å²) in [7, 11) is 3.35. The van der Waals surface area contributed by atoms with Gasteiger partial charge in [-0.25, -0.2) is 0 Å². The molecule has 32 heavy (non-hydrogen) atoms. The van der Waals surface area contributed by atoms with Crippen LogP contribution in [0.25, 0.3) is 0 Å². The Kier molecular flexibility index (Phi) is 7.01. The third-order valence-electron chi connectivity index (χ3n) is 7.14. The van der Waals surface area contributed by atoms with E-state index in [0.29, 0.717) is 13.2 Å². The molecule has 172 valence electrons. The minimum atomic E-state index is -0.122. The zero-order chi connectivity index (χ0) is 22.6. The lowest BCUT2D eigenvalue weighted by Crippen LogP contribution is -2.54. The Morgan fingerprint density at radius 1 is 1.09 bits per heavy atom. The molecule has 0 radical (unpaired) electrons. The van der Waals surface area contributed by atoms with Gasteiger partial charge < -0.3 is 19.9 Å². The SMILES string of the molecule is COc1cc2c(cc1OC)C1(CCC(C(=O)OCc3ccccc3)CC1)N(CCN)CC2. The number of esters is 1. The van der Waals surface area contributed by atoms with Gasteiger partial charge in [0.2, 0.25) is 0 Å². The molecular formula is C26H34N2O4. The number of benzene rings is 2. The molecule has 1 saturated carbocycles. The lowest BCUT2D eigenvalue weighted by atomic mass is 9.68. The van der Waals surface area contributed by atoms with Crippen molar-refractivity contribution in [2.24, 2.45) is 11.7 Å². The van der Waals surface area contributed by atoms with Crippen LogP contribution in [0.5, 0.6) is 11.5 Å². The van der Waals surface area contributed by atoms with E-state index in [0.717, 1.165) is 62.3 Å². The molecule has 0 aromatic heterocycles. The number of nitrogens with two attached hydrogens (primary N) is 1. The lowest BCUT2D eigenvalue weighted by Gasteiger charge is -2.51. The molecule has 0 amide bonds. The first-order valence-corrected chi connectivity index (χ1v) is 11.5. The Bertz CT molecular complexity index is 923. The van der Waals surface area contributed by atoms with Crippen molar-refractivity contribution < 1.29 is 19.0 Å². The van der Waals surface area contributed by atoms with Gasteiger partial charge in [0.05, 0.1) is 20.1 Å². The van der Waals surface area contributed by atoms with Crippen LogP contribution in [0, 0.1) is 5.92 Å². The first-order chi connectivity index (χ1) is 15.6. The molecule has 2 aromatic rings. The van der Waals surface area contributed by atoms with Gasteiger partial charge in [0.15, 0.2) is 11.5 Å². The van der Waals surface area contributed by atoms with E-state index in [1.54, 1.807) is 14.2 Å². The largest absolute Gasteiger partial charge is 0.493 e. The molecule has 0 bridgehead atoms. The number of hydrogen-bond acceptors (Lipinski definition) is 6. The lowest BCUT2D eigenvalue weighted by molar-refractivity contribution is -0.152. The average Bonchev–Trinajstić information content (AvgIpc) is 2.85. The summed E-state index contributed by atoms with van der Waals surface area (Å²) in [6, 6.07) is 14.1. The molecular weight excluding hydrogens is 404 g/mol. The molecule has 2 aliphatic rings. The second-order valence-electron chi connectivity index (χ2n) is 8.79. The van der Waals surface area contributed by atoms with Crippen LogP contribution >= 0.6 is 0 Å². The molecule has 2 N–H and O–H groups in total. The first-order valence-electron chi connectivity index (χ1n) is 11.5. The van der Waals surface area contributed by atoms with Crippen LogP contribution in [0.4, 0.5) is 0 Å². The highest BCUT2D eigenvalue weighted by Gasteiger charge is 2.46. The van der Waals surface area contributed by atoms with Crippen LogP contribution in [-0.4, -0.2) is 44.7 Å². The van der Waals surface area contributed by atoms with Gasteiger partial charge >= 0.3 is 5.97 Å². The van der Waals surface area contributed by atoms with Gasteiger partial charge in [-0.2, -0.15) is 0 Å². The minimum absolute atomic E-state index is 0.0606. The highest BCUT2D eigenvalue weighted by atomic mass is 16.5. The van der Waals surface area contributed by atoms with Crippen LogP contribution < -0.4 is 15.2 Å². The Balaban J connectivity index is 1.53. The normalized spacial score (nSPS) is 22.9. The summed E-state index contributed by atoms with van der Waals surface area (Å²) in [6.07, 6.45) is 4.38. The molecule has 4 rings (SSSR count). The smallest absolute Gasteiger partial charge is 0.309 e. The van der Waals surface area contributed by atoms with Crippen molar-refractivity contribution in [1.29, 1.82) is 0 Å².